The van der Waals surface area contributed by atoms with E-state index < -0.39 is 31.3 Å². The number of rotatable bonds is 6. The van der Waals surface area contributed by atoms with Crippen molar-refractivity contribution in [2.75, 3.05) is 5.32 Å². The van der Waals surface area contributed by atoms with Gasteiger partial charge in [-0.15, -0.1) is 0 Å². The number of nitrogens with one attached hydrogen (secondary N) is 1. The van der Waals surface area contributed by atoms with E-state index in [2.05, 4.69) is 15.3 Å². The number of anilines is 1. The molecule has 0 aliphatic carbocycles. The smallest absolute Gasteiger partial charge is 0.328 e. The number of hydrogen-bond donors (Lipinski definition) is 4. The molecule has 10 nitrogen and oxygen atoms in total. The van der Waals surface area contributed by atoms with Gasteiger partial charge in [0.05, 0.1) is 11.9 Å². The quantitative estimate of drug-likeness (QED) is 0.157. The fraction of sp³-hybridized carbons (Fsp3) is 0.0870. The van der Waals surface area contributed by atoms with Crippen LogP contribution in [0.3, 0.4) is 0 Å². The zero-order chi connectivity index (χ0) is 25.4. The van der Waals surface area contributed by atoms with Gasteiger partial charge in [0.1, 0.15) is 5.75 Å². The first-order valence-corrected chi connectivity index (χ1v) is 14.9. The van der Waals surface area contributed by atoms with Crippen molar-refractivity contribution in [3.8, 4) is 11.4 Å². The van der Waals surface area contributed by atoms with E-state index in [4.69, 9.17) is 8.19 Å². The van der Waals surface area contributed by atoms with Crippen molar-refractivity contribution in [3.05, 3.63) is 91.0 Å². The van der Waals surface area contributed by atoms with E-state index in [-0.39, 0.29) is 15.8 Å². The van der Waals surface area contributed by atoms with Gasteiger partial charge in [-0.05, 0) is 12.1 Å². The maximum Gasteiger partial charge on any atom is 0.328 e. The van der Waals surface area contributed by atoms with E-state index in [0.717, 1.165) is 29.4 Å². The van der Waals surface area contributed by atoms with E-state index in [9.17, 15) is 18.2 Å². The third-order valence-electron chi connectivity index (χ3n) is 4.52. The summed E-state index contributed by atoms with van der Waals surface area (Å²) in [5, 5.41) is 12.1. The van der Waals surface area contributed by atoms with Gasteiger partial charge >= 0.3 is 93.3 Å². The molecular formula is C23H23AsN4O6S. The average molecular weight is 558 g/mol. The number of phenolic OH excluding ortho intramolecular Hbond substituents is 1. The molecule has 1 atom stereocenters. The molecule has 0 aliphatic heterocycles. The van der Waals surface area contributed by atoms with E-state index in [0.29, 0.717) is 10.9 Å². The summed E-state index contributed by atoms with van der Waals surface area (Å²) >= 11 is -6.17. The molecule has 0 fully saturated rings. The van der Waals surface area contributed by atoms with Crippen LogP contribution in [0, 0.1) is 0 Å². The minimum absolute atomic E-state index is 0.00951. The Labute approximate surface area is 207 Å². The molecule has 0 saturated heterocycles. The summed E-state index contributed by atoms with van der Waals surface area (Å²) in [5.74, 6) is -0.207. The molecule has 12 heteroatoms. The van der Waals surface area contributed by atoms with Gasteiger partial charge in [0.2, 0.25) is 0 Å². The first-order chi connectivity index (χ1) is 16.6. The molecule has 182 valence electrons. The zero-order valence-electron chi connectivity index (χ0n) is 18.6. The summed E-state index contributed by atoms with van der Waals surface area (Å²) in [6, 6.07) is 16.8. The van der Waals surface area contributed by atoms with Crippen LogP contribution in [0.25, 0.3) is 5.69 Å². The van der Waals surface area contributed by atoms with Crippen molar-refractivity contribution >= 4 is 41.3 Å². The van der Waals surface area contributed by atoms with Crippen LogP contribution >= 0.6 is 0 Å². The number of amides is 1. The molecule has 4 aromatic rings. The number of carbonyl (C=O) groups is 1. The summed E-state index contributed by atoms with van der Waals surface area (Å²) in [4.78, 5) is 18.9. The van der Waals surface area contributed by atoms with Crippen LogP contribution in [0.4, 0.5) is 5.69 Å². The molecular weight excluding hydrogens is 535 g/mol. The predicted octanol–water partition coefficient (Wildman–Crippen LogP) is 1.49. The van der Waals surface area contributed by atoms with Gasteiger partial charge in [-0.25, -0.2) is 0 Å². The fourth-order valence-electron chi connectivity index (χ4n) is 2.94. The number of imidazole rings is 1. The monoisotopic (exact) mass is 558 g/mol. The largest absolute Gasteiger partial charge is 0.609 e. The molecule has 4 rings (SSSR count). The number of aromatic hydroxyl groups is 1. The topological polar surface area (TPSA) is 161 Å². The number of benzene rings is 2. The van der Waals surface area contributed by atoms with Crippen molar-refractivity contribution < 1.29 is 26.4 Å². The van der Waals surface area contributed by atoms with Gasteiger partial charge in [0.25, 0.3) is 0 Å². The Bertz CT molecular complexity index is 1310. The van der Waals surface area contributed by atoms with Gasteiger partial charge in [0, 0.05) is 35.3 Å². The van der Waals surface area contributed by atoms with Gasteiger partial charge < -0.3 is 4.55 Å². The number of carbonyl (C=O) groups excluding carboxylic acids is 1. The summed E-state index contributed by atoms with van der Waals surface area (Å²) in [7, 11) is 0. The number of hydrogen-bond acceptors (Lipinski definition) is 6. The van der Waals surface area contributed by atoms with E-state index in [1.807, 2.05) is 53.2 Å². The molecule has 0 radical (unpaired) electrons. The van der Waals surface area contributed by atoms with Crippen LogP contribution in [0.5, 0.6) is 5.75 Å². The Hall–Kier alpha value is -3.34. The van der Waals surface area contributed by atoms with Crippen molar-refractivity contribution in [1.29, 1.82) is 0 Å². The van der Waals surface area contributed by atoms with Crippen molar-refractivity contribution in [2.24, 2.45) is 0 Å². The second kappa shape index (κ2) is 11.9. The molecule has 0 bridgehead atoms. The molecule has 2 aromatic carbocycles. The van der Waals surface area contributed by atoms with Gasteiger partial charge in [-0.2, -0.15) is 4.98 Å². The molecule has 0 spiro atoms. The van der Waals surface area contributed by atoms with Crippen LogP contribution in [-0.2, 0) is 25.5 Å². The number of nitrogens with zero attached hydrogens (tertiary/aromatic N) is 3. The Kier molecular flexibility index (Phi) is 8.91. The maximum atomic E-state index is 12.5. The number of pyridine rings is 1. The fourth-order valence-corrected chi connectivity index (χ4v) is 5.32. The van der Waals surface area contributed by atoms with E-state index in [1.165, 1.54) is 6.92 Å². The second-order valence-corrected chi connectivity index (χ2v) is 11.9. The number of phenols is 1. The van der Waals surface area contributed by atoms with Crippen LogP contribution in [-0.4, -0.2) is 52.5 Å². The van der Waals surface area contributed by atoms with Crippen molar-refractivity contribution in [2.45, 2.75) is 17.8 Å². The number of aromatic nitrogens is 3. The Morgan fingerprint density at radius 1 is 1.09 bits per heavy atom. The van der Waals surface area contributed by atoms with Crippen LogP contribution in [0.15, 0.2) is 90.6 Å². The van der Waals surface area contributed by atoms with Gasteiger partial charge in [-0.1, -0.05) is 30.3 Å². The molecule has 1 unspecified atom stereocenters. The van der Waals surface area contributed by atoms with Crippen LogP contribution < -0.4 is 9.67 Å². The zero-order valence-corrected chi connectivity index (χ0v) is 21.2. The first-order valence-electron chi connectivity index (χ1n) is 10.2. The molecule has 2 heterocycles. The van der Waals surface area contributed by atoms with Crippen LogP contribution in [0.1, 0.15) is 12.5 Å². The maximum absolute atomic E-state index is 12.5. The molecule has 0 saturated carbocycles. The summed E-state index contributed by atoms with van der Waals surface area (Å²) < 4.78 is 42.9. The predicted molar refractivity (Wildman–Crippen MR) is 131 cm³/mol. The van der Waals surface area contributed by atoms with Crippen molar-refractivity contribution in [1.82, 2.24) is 14.5 Å². The minimum atomic E-state index is -4.98. The summed E-state index contributed by atoms with van der Waals surface area (Å²) in [5.41, 5.74) is 1.94. The minimum Gasteiger partial charge on any atom is -0.609 e. The standard InChI is InChI=1S/C15H13N3OS.C8H10AsNO5/c19-20(12-13-4-2-1-3-5-13)15-17-10-11-18(15)14-6-8-16-9-7-14;1-5(11)10-7-4-6(9(13,14)15)2-3-8(7)12/h1-11H,12H2;2-4,12H,1H3,(H,10,11)(H2,13,14,15). The third-order valence-corrected chi connectivity index (χ3v) is 7.82. The van der Waals surface area contributed by atoms with Crippen LogP contribution in [0.2, 0.25) is 0 Å². The Morgan fingerprint density at radius 3 is 2.40 bits per heavy atom. The Balaban J connectivity index is 0.000000205. The molecule has 35 heavy (non-hydrogen) atoms. The van der Waals surface area contributed by atoms with Gasteiger partial charge in [-0.3, -0.25) is 9.55 Å². The molecule has 1 amide bonds. The van der Waals surface area contributed by atoms with E-state index in [1.54, 1.807) is 18.6 Å². The third kappa shape index (κ3) is 7.57. The SMILES string of the molecule is CC(=O)Nc1cc([As](=O)(O)O)ccc1O.[O-][S+](Cc1ccccc1)c1nccn1-c1ccncc1. The van der Waals surface area contributed by atoms with Crippen molar-refractivity contribution in [3.63, 3.8) is 0 Å². The second-order valence-electron chi connectivity index (χ2n) is 7.19. The average Bonchev–Trinajstić information content (AvgIpc) is 3.31. The first kappa shape index (κ1) is 26.3. The normalized spacial score (nSPS) is 11.8. The summed E-state index contributed by atoms with van der Waals surface area (Å²) in [6.45, 7) is 1.23. The Morgan fingerprint density at radius 2 is 1.77 bits per heavy atom. The molecule has 0 aliphatic rings. The summed E-state index contributed by atoms with van der Waals surface area (Å²) in [6.07, 6.45) is 6.89. The molecule has 2 aromatic heterocycles. The van der Waals surface area contributed by atoms with E-state index >= 15 is 0 Å². The molecule has 4 N–H and O–H groups in total. The van der Waals surface area contributed by atoms with Gasteiger partial charge in [0.15, 0.2) is 0 Å².